The van der Waals surface area contributed by atoms with Crippen LogP contribution in [0.1, 0.15) is 17.3 Å². The molecular formula is C13H19N5. The summed E-state index contributed by atoms with van der Waals surface area (Å²) in [7, 11) is 5.96. The second kappa shape index (κ2) is 5.20. The Bertz CT molecular complexity index is 518. The van der Waals surface area contributed by atoms with Crippen molar-refractivity contribution in [3.63, 3.8) is 0 Å². The van der Waals surface area contributed by atoms with Crippen LogP contribution in [0.4, 0.5) is 5.69 Å². The minimum absolute atomic E-state index is 0.0580. The van der Waals surface area contributed by atoms with Crippen LogP contribution in [0.15, 0.2) is 36.5 Å². The van der Waals surface area contributed by atoms with Gasteiger partial charge in [-0.1, -0.05) is 12.1 Å². The van der Waals surface area contributed by atoms with Gasteiger partial charge >= 0.3 is 0 Å². The van der Waals surface area contributed by atoms with Gasteiger partial charge in [0, 0.05) is 33.0 Å². The molecule has 0 amide bonds. The zero-order valence-electron chi connectivity index (χ0n) is 11.0. The zero-order valence-corrected chi connectivity index (χ0v) is 11.0. The monoisotopic (exact) mass is 245 g/mol. The highest BCUT2D eigenvalue weighted by molar-refractivity contribution is 5.48. The highest BCUT2D eigenvalue weighted by Gasteiger charge is 2.16. The topological polar surface area (TPSA) is 59.1 Å². The SMILES string of the molecule is CN(C)c1cccc(C(NN)c2ccnn2C)c1. The Morgan fingerprint density at radius 2 is 2.11 bits per heavy atom. The number of hydrazine groups is 1. The maximum absolute atomic E-state index is 5.69. The number of aryl methyl sites for hydroxylation is 1. The number of nitrogens with one attached hydrogen (secondary N) is 1. The van der Waals surface area contributed by atoms with Crippen molar-refractivity contribution in [3.05, 3.63) is 47.8 Å². The number of aromatic nitrogens is 2. The molecule has 1 aromatic carbocycles. The second-order valence-corrected chi connectivity index (χ2v) is 4.47. The molecule has 18 heavy (non-hydrogen) atoms. The molecule has 3 N–H and O–H groups in total. The Morgan fingerprint density at radius 1 is 1.33 bits per heavy atom. The molecule has 1 heterocycles. The van der Waals surface area contributed by atoms with Gasteiger partial charge in [-0.3, -0.25) is 10.5 Å². The number of hydrogen-bond acceptors (Lipinski definition) is 4. The summed E-state index contributed by atoms with van der Waals surface area (Å²) >= 11 is 0. The smallest absolute Gasteiger partial charge is 0.0878 e. The van der Waals surface area contributed by atoms with Crippen molar-refractivity contribution >= 4 is 5.69 Å². The van der Waals surface area contributed by atoms with E-state index < -0.39 is 0 Å². The fourth-order valence-electron chi connectivity index (χ4n) is 2.00. The maximum Gasteiger partial charge on any atom is 0.0878 e. The number of nitrogens with zero attached hydrogens (tertiary/aromatic N) is 3. The molecule has 0 bridgehead atoms. The molecule has 5 heteroatoms. The quantitative estimate of drug-likeness (QED) is 0.624. The average molecular weight is 245 g/mol. The molecule has 2 rings (SSSR count). The van der Waals surface area contributed by atoms with E-state index in [4.69, 9.17) is 5.84 Å². The fourth-order valence-corrected chi connectivity index (χ4v) is 2.00. The first kappa shape index (κ1) is 12.6. The van der Waals surface area contributed by atoms with Gasteiger partial charge in [0.15, 0.2) is 0 Å². The molecule has 5 nitrogen and oxygen atoms in total. The minimum atomic E-state index is -0.0580. The largest absolute Gasteiger partial charge is 0.378 e. The summed E-state index contributed by atoms with van der Waals surface area (Å²) < 4.78 is 1.83. The molecule has 0 fully saturated rings. The van der Waals surface area contributed by atoms with Gasteiger partial charge in [-0.05, 0) is 23.8 Å². The molecule has 1 aromatic heterocycles. The summed E-state index contributed by atoms with van der Waals surface area (Å²) in [5.41, 5.74) is 6.15. The van der Waals surface area contributed by atoms with Gasteiger partial charge < -0.3 is 4.90 Å². The molecule has 0 radical (unpaired) electrons. The Balaban J connectivity index is 2.39. The standard InChI is InChI=1S/C13H19N5/c1-17(2)11-6-4-5-10(9-11)13(16-14)12-7-8-15-18(12)3/h4-9,13,16H,14H2,1-3H3. The minimum Gasteiger partial charge on any atom is -0.378 e. The van der Waals surface area contributed by atoms with E-state index in [-0.39, 0.29) is 6.04 Å². The molecule has 0 aliphatic carbocycles. The van der Waals surface area contributed by atoms with Crippen LogP contribution in [-0.2, 0) is 7.05 Å². The normalized spacial score (nSPS) is 12.4. The van der Waals surface area contributed by atoms with Crippen LogP contribution >= 0.6 is 0 Å². The summed E-state index contributed by atoms with van der Waals surface area (Å²) in [5.74, 6) is 5.69. The van der Waals surface area contributed by atoms with Gasteiger partial charge in [-0.25, -0.2) is 5.43 Å². The molecule has 1 unspecified atom stereocenters. The molecule has 2 aromatic rings. The number of benzene rings is 1. The van der Waals surface area contributed by atoms with E-state index in [0.29, 0.717) is 0 Å². The molecule has 0 aliphatic heterocycles. The van der Waals surface area contributed by atoms with E-state index in [0.717, 1.165) is 16.9 Å². The van der Waals surface area contributed by atoms with Crippen molar-refractivity contribution in [1.82, 2.24) is 15.2 Å². The average Bonchev–Trinajstić information content (AvgIpc) is 2.77. The molecule has 1 atom stereocenters. The van der Waals surface area contributed by atoms with Gasteiger partial charge in [-0.15, -0.1) is 0 Å². The number of nitrogens with two attached hydrogens (primary N) is 1. The predicted octanol–water partition coefficient (Wildman–Crippen LogP) is 1.04. The Labute approximate surface area is 107 Å². The summed E-state index contributed by atoms with van der Waals surface area (Å²) in [4.78, 5) is 2.07. The first-order valence-corrected chi connectivity index (χ1v) is 5.85. The zero-order chi connectivity index (χ0) is 13.1. The first-order valence-electron chi connectivity index (χ1n) is 5.85. The summed E-state index contributed by atoms with van der Waals surface area (Å²) in [6.45, 7) is 0. The Morgan fingerprint density at radius 3 is 2.67 bits per heavy atom. The number of anilines is 1. The lowest BCUT2D eigenvalue weighted by molar-refractivity contribution is 0.575. The predicted molar refractivity (Wildman–Crippen MR) is 73.1 cm³/mol. The lowest BCUT2D eigenvalue weighted by Gasteiger charge is -2.19. The van der Waals surface area contributed by atoms with Crippen LogP contribution in [-0.4, -0.2) is 23.9 Å². The third kappa shape index (κ3) is 2.37. The molecule has 96 valence electrons. The molecule has 0 saturated heterocycles. The Kier molecular flexibility index (Phi) is 3.64. The van der Waals surface area contributed by atoms with Gasteiger partial charge in [0.25, 0.3) is 0 Å². The summed E-state index contributed by atoms with van der Waals surface area (Å²) in [6.07, 6.45) is 1.77. The lowest BCUT2D eigenvalue weighted by Crippen LogP contribution is -2.30. The van der Waals surface area contributed by atoms with Crippen molar-refractivity contribution < 1.29 is 0 Å². The fraction of sp³-hybridized carbons (Fsp3) is 0.308. The molecule has 0 spiro atoms. The van der Waals surface area contributed by atoms with Crippen molar-refractivity contribution in [2.24, 2.45) is 12.9 Å². The third-order valence-corrected chi connectivity index (χ3v) is 3.04. The van der Waals surface area contributed by atoms with E-state index in [1.54, 1.807) is 6.20 Å². The van der Waals surface area contributed by atoms with Crippen LogP contribution in [0.2, 0.25) is 0 Å². The third-order valence-electron chi connectivity index (χ3n) is 3.04. The van der Waals surface area contributed by atoms with Gasteiger partial charge in [0.2, 0.25) is 0 Å². The van der Waals surface area contributed by atoms with E-state index in [2.05, 4.69) is 33.6 Å². The number of hydrogen-bond donors (Lipinski definition) is 2. The van der Waals surface area contributed by atoms with Crippen LogP contribution in [0.5, 0.6) is 0 Å². The summed E-state index contributed by atoms with van der Waals surface area (Å²) in [6, 6.07) is 10.2. The summed E-state index contributed by atoms with van der Waals surface area (Å²) in [5, 5.41) is 4.18. The van der Waals surface area contributed by atoms with Crippen molar-refractivity contribution in [2.45, 2.75) is 6.04 Å². The van der Waals surface area contributed by atoms with Crippen LogP contribution in [0, 0.1) is 0 Å². The highest BCUT2D eigenvalue weighted by Crippen LogP contribution is 2.24. The lowest BCUT2D eigenvalue weighted by atomic mass is 10.0. The highest BCUT2D eigenvalue weighted by atomic mass is 15.3. The van der Waals surface area contributed by atoms with Crippen molar-refractivity contribution in [2.75, 3.05) is 19.0 Å². The van der Waals surface area contributed by atoms with E-state index in [1.807, 2.05) is 38.0 Å². The molecule has 0 saturated carbocycles. The van der Waals surface area contributed by atoms with E-state index in [1.165, 1.54) is 0 Å². The van der Waals surface area contributed by atoms with Gasteiger partial charge in [0.1, 0.15) is 0 Å². The van der Waals surface area contributed by atoms with Crippen LogP contribution < -0.4 is 16.2 Å². The van der Waals surface area contributed by atoms with Gasteiger partial charge in [-0.2, -0.15) is 5.10 Å². The Hall–Kier alpha value is -1.85. The second-order valence-electron chi connectivity index (χ2n) is 4.47. The van der Waals surface area contributed by atoms with Crippen LogP contribution in [0.3, 0.4) is 0 Å². The van der Waals surface area contributed by atoms with E-state index >= 15 is 0 Å². The molecular weight excluding hydrogens is 226 g/mol. The first-order chi connectivity index (χ1) is 8.63. The molecule has 0 aliphatic rings. The van der Waals surface area contributed by atoms with Gasteiger partial charge in [0.05, 0.1) is 11.7 Å². The van der Waals surface area contributed by atoms with Crippen LogP contribution in [0.25, 0.3) is 0 Å². The number of rotatable bonds is 4. The maximum atomic E-state index is 5.69. The van der Waals surface area contributed by atoms with Crippen molar-refractivity contribution in [1.29, 1.82) is 0 Å². The van der Waals surface area contributed by atoms with E-state index in [9.17, 15) is 0 Å². The van der Waals surface area contributed by atoms with Crippen molar-refractivity contribution in [3.8, 4) is 0 Å².